The van der Waals surface area contributed by atoms with Crippen LogP contribution in [0.2, 0.25) is 0 Å². The van der Waals surface area contributed by atoms with Crippen LogP contribution in [-0.2, 0) is 9.53 Å². The molecule has 0 aromatic heterocycles. The van der Waals surface area contributed by atoms with E-state index in [1.54, 1.807) is 24.3 Å². The molecule has 0 aliphatic carbocycles. The van der Waals surface area contributed by atoms with E-state index in [0.717, 1.165) is 27.8 Å². The summed E-state index contributed by atoms with van der Waals surface area (Å²) in [7, 11) is 1.53. The van der Waals surface area contributed by atoms with Gasteiger partial charge >= 0.3 is 5.97 Å². The Balaban J connectivity index is 2.08. The lowest BCUT2D eigenvalue weighted by Crippen LogP contribution is -2.23. The molecular weight excluding hydrogens is 356 g/mol. The number of nitrogens with one attached hydrogen (secondary N) is 2. The molecule has 6 nitrogen and oxygen atoms in total. The summed E-state index contributed by atoms with van der Waals surface area (Å²) in [6, 6.07) is 6.52. The lowest BCUT2D eigenvalue weighted by Gasteiger charge is -2.17. The number of hydrogen-bond acceptors (Lipinski definition) is 4. The van der Waals surface area contributed by atoms with E-state index < -0.39 is 18.5 Å². The van der Waals surface area contributed by atoms with E-state index in [9.17, 15) is 14.4 Å². The minimum atomic E-state index is -0.518. The fraction of sp³-hybridized carbons (Fsp3) is 0.318. The second kappa shape index (κ2) is 8.69. The standard InChI is InChI=1S/C22H26N2O4/c1-12-13(2)15(4)20(16(5)14(12)3)22(27)28-11-19(25)24-18-9-7-8-17(10-18)21(26)23-6/h7-10H,11H2,1-6H3,(H,23,26)(H,24,25). The van der Waals surface area contributed by atoms with Gasteiger partial charge in [-0.15, -0.1) is 0 Å². The fourth-order valence-electron chi connectivity index (χ4n) is 3.09. The Morgan fingerprint density at radius 2 is 1.46 bits per heavy atom. The summed E-state index contributed by atoms with van der Waals surface area (Å²) in [6.07, 6.45) is 0. The smallest absolute Gasteiger partial charge is 0.339 e. The maximum Gasteiger partial charge on any atom is 0.339 e. The van der Waals surface area contributed by atoms with Gasteiger partial charge < -0.3 is 15.4 Å². The molecule has 2 amide bonds. The highest BCUT2D eigenvalue weighted by molar-refractivity contribution is 5.99. The molecule has 0 radical (unpaired) electrons. The van der Waals surface area contributed by atoms with Gasteiger partial charge in [-0.3, -0.25) is 9.59 Å². The molecular formula is C22H26N2O4. The number of carbonyl (C=O) groups is 3. The van der Waals surface area contributed by atoms with Crippen molar-refractivity contribution in [3.8, 4) is 0 Å². The molecule has 0 saturated carbocycles. The number of anilines is 1. The number of carbonyl (C=O) groups excluding carboxylic acids is 3. The van der Waals surface area contributed by atoms with Crippen molar-refractivity contribution in [3.63, 3.8) is 0 Å². The summed E-state index contributed by atoms with van der Waals surface area (Å²) in [6.45, 7) is 9.33. The Bertz CT molecular complexity index is 919. The molecule has 2 N–H and O–H groups in total. The zero-order valence-corrected chi connectivity index (χ0v) is 17.1. The lowest BCUT2D eigenvalue weighted by atomic mass is 9.90. The van der Waals surface area contributed by atoms with Crippen molar-refractivity contribution < 1.29 is 19.1 Å². The van der Waals surface area contributed by atoms with Crippen molar-refractivity contribution in [3.05, 3.63) is 63.2 Å². The molecule has 0 saturated heterocycles. The summed E-state index contributed by atoms with van der Waals surface area (Å²) in [5.41, 5.74) is 6.37. The molecule has 2 rings (SSSR count). The largest absolute Gasteiger partial charge is 0.452 e. The maximum atomic E-state index is 12.6. The SMILES string of the molecule is CNC(=O)c1cccc(NC(=O)COC(=O)c2c(C)c(C)c(C)c(C)c2C)c1. The molecule has 0 atom stereocenters. The van der Waals surface area contributed by atoms with Gasteiger partial charge in [0.2, 0.25) is 0 Å². The second-order valence-corrected chi connectivity index (χ2v) is 6.78. The molecule has 0 fully saturated rings. The average Bonchev–Trinajstić information content (AvgIpc) is 2.69. The third kappa shape index (κ3) is 4.39. The Hall–Kier alpha value is -3.15. The van der Waals surface area contributed by atoms with Gasteiger partial charge in [0.25, 0.3) is 11.8 Å². The molecule has 6 heteroatoms. The molecule has 0 bridgehead atoms. The number of rotatable bonds is 5. The molecule has 0 heterocycles. The summed E-state index contributed by atoms with van der Waals surface area (Å²) >= 11 is 0. The topological polar surface area (TPSA) is 84.5 Å². The molecule has 0 unspecified atom stereocenters. The van der Waals surface area contributed by atoms with Crippen LogP contribution in [0.1, 0.15) is 48.5 Å². The van der Waals surface area contributed by atoms with Crippen LogP contribution in [0.4, 0.5) is 5.69 Å². The predicted molar refractivity (Wildman–Crippen MR) is 109 cm³/mol. The van der Waals surface area contributed by atoms with Crippen LogP contribution in [0.3, 0.4) is 0 Å². The Labute approximate surface area is 165 Å². The third-order valence-electron chi connectivity index (χ3n) is 5.17. The first-order chi connectivity index (χ1) is 13.2. The van der Waals surface area contributed by atoms with Crippen LogP contribution < -0.4 is 10.6 Å². The molecule has 0 spiro atoms. The van der Waals surface area contributed by atoms with Crippen LogP contribution in [0.5, 0.6) is 0 Å². The Kier molecular flexibility index (Phi) is 6.57. The van der Waals surface area contributed by atoms with E-state index in [1.807, 2.05) is 34.6 Å². The summed E-state index contributed by atoms with van der Waals surface area (Å²) in [4.78, 5) is 36.4. The van der Waals surface area contributed by atoms with E-state index in [4.69, 9.17) is 4.74 Å². The van der Waals surface area contributed by atoms with Crippen LogP contribution in [-0.4, -0.2) is 31.4 Å². The van der Waals surface area contributed by atoms with E-state index in [-0.39, 0.29) is 5.91 Å². The first kappa shape index (κ1) is 21.2. The fourth-order valence-corrected chi connectivity index (χ4v) is 3.09. The van der Waals surface area contributed by atoms with Gasteiger partial charge in [-0.25, -0.2) is 4.79 Å². The quantitative estimate of drug-likeness (QED) is 0.777. The van der Waals surface area contributed by atoms with E-state index in [1.165, 1.54) is 7.05 Å². The molecule has 0 aliphatic rings. The van der Waals surface area contributed by atoms with Crippen molar-refractivity contribution in [1.29, 1.82) is 0 Å². The third-order valence-corrected chi connectivity index (χ3v) is 5.17. The summed E-state index contributed by atoms with van der Waals surface area (Å²) in [5.74, 6) is -1.24. The maximum absolute atomic E-state index is 12.6. The number of amides is 2. The van der Waals surface area contributed by atoms with E-state index in [0.29, 0.717) is 16.8 Å². The normalized spacial score (nSPS) is 10.4. The van der Waals surface area contributed by atoms with Crippen LogP contribution in [0.25, 0.3) is 0 Å². The van der Waals surface area contributed by atoms with Crippen molar-refractivity contribution in [2.24, 2.45) is 0 Å². The monoisotopic (exact) mass is 382 g/mol. The average molecular weight is 382 g/mol. The zero-order chi connectivity index (χ0) is 21.0. The number of ether oxygens (including phenoxy) is 1. The number of esters is 1. The Morgan fingerprint density at radius 3 is 2.04 bits per heavy atom. The van der Waals surface area contributed by atoms with Gasteiger partial charge in [-0.2, -0.15) is 0 Å². The van der Waals surface area contributed by atoms with Crippen LogP contribution in [0, 0.1) is 34.6 Å². The van der Waals surface area contributed by atoms with Crippen LogP contribution in [0.15, 0.2) is 24.3 Å². The molecule has 0 aliphatic heterocycles. The Morgan fingerprint density at radius 1 is 0.893 bits per heavy atom. The second-order valence-electron chi connectivity index (χ2n) is 6.78. The zero-order valence-electron chi connectivity index (χ0n) is 17.1. The van der Waals surface area contributed by atoms with Crippen molar-refractivity contribution in [2.45, 2.75) is 34.6 Å². The van der Waals surface area contributed by atoms with Crippen molar-refractivity contribution in [2.75, 3.05) is 19.0 Å². The first-order valence-electron chi connectivity index (χ1n) is 9.03. The van der Waals surface area contributed by atoms with Crippen molar-refractivity contribution >= 4 is 23.5 Å². The van der Waals surface area contributed by atoms with Gasteiger partial charge in [0.05, 0.1) is 5.56 Å². The van der Waals surface area contributed by atoms with Gasteiger partial charge in [0.1, 0.15) is 0 Å². The van der Waals surface area contributed by atoms with E-state index >= 15 is 0 Å². The number of hydrogen-bond donors (Lipinski definition) is 2. The minimum absolute atomic E-state index is 0.251. The molecule has 2 aromatic carbocycles. The highest BCUT2D eigenvalue weighted by Crippen LogP contribution is 2.26. The first-order valence-corrected chi connectivity index (χ1v) is 9.03. The molecule has 148 valence electrons. The lowest BCUT2D eigenvalue weighted by molar-refractivity contribution is -0.119. The van der Waals surface area contributed by atoms with Gasteiger partial charge in [0.15, 0.2) is 6.61 Å². The minimum Gasteiger partial charge on any atom is -0.452 e. The van der Waals surface area contributed by atoms with Gasteiger partial charge in [-0.05, 0) is 80.6 Å². The molecule has 28 heavy (non-hydrogen) atoms. The van der Waals surface area contributed by atoms with Crippen LogP contribution >= 0.6 is 0 Å². The van der Waals surface area contributed by atoms with Crippen molar-refractivity contribution in [1.82, 2.24) is 5.32 Å². The van der Waals surface area contributed by atoms with Gasteiger partial charge in [-0.1, -0.05) is 6.07 Å². The summed E-state index contributed by atoms with van der Waals surface area (Å²) < 4.78 is 5.24. The summed E-state index contributed by atoms with van der Waals surface area (Å²) in [5, 5.41) is 5.16. The molecule has 2 aromatic rings. The number of benzene rings is 2. The highest BCUT2D eigenvalue weighted by Gasteiger charge is 2.20. The van der Waals surface area contributed by atoms with E-state index in [2.05, 4.69) is 10.6 Å². The van der Waals surface area contributed by atoms with Gasteiger partial charge in [0, 0.05) is 18.3 Å². The highest BCUT2D eigenvalue weighted by atomic mass is 16.5. The predicted octanol–water partition coefficient (Wildman–Crippen LogP) is 3.38.